The van der Waals surface area contributed by atoms with Gasteiger partial charge in [-0.15, -0.1) is 0 Å². The maximum absolute atomic E-state index is 12.1. The molecule has 0 aliphatic rings. The minimum absolute atomic E-state index is 0.0631. The molecule has 1 aromatic heterocycles. The summed E-state index contributed by atoms with van der Waals surface area (Å²) in [5.74, 6) is -0.262. The van der Waals surface area contributed by atoms with Gasteiger partial charge in [0.25, 0.3) is 5.91 Å². The molecule has 0 aliphatic carbocycles. The average molecular weight is 278 g/mol. The quantitative estimate of drug-likeness (QED) is 0.666. The molecule has 0 spiro atoms. The zero-order valence-electron chi connectivity index (χ0n) is 12.0. The van der Waals surface area contributed by atoms with Gasteiger partial charge in [-0.2, -0.15) is 0 Å². The fraction of sp³-hybridized carbons (Fsp3) is 0.500. The van der Waals surface area contributed by atoms with Gasteiger partial charge < -0.3 is 16.0 Å². The first-order valence-corrected chi connectivity index (χ1v) is 6.91. The zero-order valence-corrected chi connectivity index (χ0v) is 12.0. The number of nitrogens with one attached hydrogen (secondary N) is 3. The van der Waals surface area contributed by atoms with Crippen molar-refractivity contribution in [3.63, 3.8) is 0 Å². The second kappa shape index (κ2) is 8.90. The van der Waals surface area contributed by atoms with Crippen molar-refractivity contribution < 1.29 is 9.59 Å². The molecule has 1 heterocycles. The van der Waals surface area contributed by atoms with E-state index >= 15 is 0 Å². The van der Waals surface area contributed by atoms with E-state index in [-0.39, 0.29) is 18.2 Å². The summed E-state index contributed by atoms with van der Waals surface area (Å²) in [4.78, 5) is 27.3. The van der Waals surface area contributed by atoms with Crippen molar-refractivity contribution in [2.75, 3.05) is 25.0 Å². The molecule has 0 saturated carbocycles. The van der Waals surface area contributed by atoms with Gasteiger partial charge in [0.15, 0.2) is 0 Å². The van der Waals surface area contributed by atoms with E-state index in [0.29, 0.717) is 24.3 Å². The summed E-state index contributed by atoms with van der Waals surface area (Å²) in [5, 5.41) is 8.58. The van der Waals surface area contributed by atoms with Crippen molar-refractivity contribution >= 4 is 17.5 Å². The van der Waals surface area contributed by atoms with Crippen LogP contribution in [0.1, 0.15) is 37.0 Å². The van der Waals surface area contributed by atoms with Crippen LogP contribution in [0.2, 0.25) is 0 Å². The minimum Gasteiger partial charge on any atom is -0.383 e. The second-order valence-electron chi connectivity index (χ2n) is 4.31. The molecular weight excluding hydrogens is 256 g/mol. The lowest BCUT2D eigenvalue weighted by atomic mass is 10.2. The normalized spacial score (nSPS) is 9.90. The van der Waals surface area contributed by atoms with Gasteiger partial charge in [0, 0.05) is 32.3 Å². The largest absolute Gasteiger partial charge is 0.383 e. The smallest absolute Gasteiger partial charge is 0.253 e. The maximum atomic E-state index is 12.1. The Morgan fingerprint density at radius 2 is 2.00 bits per heavy atom. The summed E-state index contributed by atoms with van der Waals surface area (Å²) >= 11 is 0. The van der Waals surface area contributed by atoms with Gasteiger partial charge in [-0.25, -0.2) is 0 Å². The molecular formula is C14H22N4O2. The Morgan fingerprint density at radius 1 is 1.20 bits per heavy atom. The highest BCUT2D eigenvalue weighted by molar-refractivity contribution is 5.99. The molecule has 6 heteroatoms. The second-order valence-corrected chi connectivity index (χ2v) is 4.31. The van der Waals surface area contributed by atoms with Crippen LogP contribution in [0.3, 0.4) is 0 Å². The van der Waals surface area contributed by atoms with Crippen LogP contribution < -0.4 is 16.0 Å². The van der Waals surface area contributed by atoms with Gasteiger partial charge in [-0.1, -0.05) is 6.92 Å². The Bertz CT molecular complexity index is 449. The molecule has 0 saturated heterocycles. The number of carbonyl (C=O) groups is 2. The molecule has 3 N–H and O–H groups in total. The number of aromatic nitrogens is 1. The van der Waals surface area contributed by atoms with Crippen LogP contribution in [-0.2, 0) is 4.79 Å². The molecule has 0 radical (unpaired) electrons. The molecule has 1 aromatic rings. The number of hydrogen-bond donors (Lipinski definition) is 3. The molecule has 0 fully saturated rings. The lowest BCUT2D eigenvalue weighted by Gasteiger charge is -2.11. The van der Waals surface area contributed by atoms with Crippen molar-refractivity contribution in [1.29, 1.82) is 0 Å². The van der Waals surface area contributed by atoms with Crippen LogP contribution in [0.15, 0.2) is 18.5 Å². The molecule has 0 atom stereocenters. The van der Waals surface area contributed by atoms with Crippen LogP contribution in [-0.4, -0.2) is 36.4 Å². The minimum atomic E-state index is -0.199. The van der Waals surface area contributed by atoms with E-state index in [4.69, 9.17) is 0 Å². The monoisotopic (exact) mass is 278 g/mol. The summed E-state index contributed by atoms with van der Waals surface area (Å²) in [6.07, 6.45) is 4.46. The van der Waals surface area contributed by atoms with E-state index in [2.05, 4.69) is 27.9 Å². The molecule has 0 aromatic carbocycles. The van der Waals surface area contributed by atoms with E-state index in [9.17, 15) is 9.59 Å². The van der Waals surface area contributed by atoms with Crippen molar-refractivity contribution in [2.24, 2.45) is 0 Å². The number of amides is 2. The molecule has 0 unspecified atom stereocenters. The fourth-order valence-corrected chi connectivity index (χ4v) is 1.66. The van der Waals surface area contributed by atoms with Gasteiger partial charge in [0.2, 0.25) is 5.91 Å². The topological polar surface area (TPSA) is 83.1 Å². The van der Waals surface area contributed by atoms with E-state index < -0.39 is 0 Å². The van der Waals surface area contributed by atoms with Crippen molar-refractivity contribution in [1.82, 2.24) is 15.6 Å². The Labute approximate surface area is 119 Å². The number of hydrogen-bond acceptors (Lipinski definition) is 4. The summed E-state index contributed by atoms with van der Waals surface area (Å²) in [7, 11) is 0. The third kappa shape index (κ3) is 5.26. The van der Waals surface area contributed by atoms with Crippen LogP contribution in [0.25, 0.3) is 0 Å². The summed E-state index contributed by atoms with van der Waals surface area (Å²) in [6, 6.07) is 1.67. The molecule has 1 rings (SSSR count). The standard InChI is InChI=1S/C14H22N4O2/c1-3-7-17-12-10-15-8-5-11(12)14(20)18-9-6-13(19)16-4-2/h5,8,10,17H,3-4,6-7,9H2,1-2H3,(H,16,19)(H,18,20). The third-order valence-electron chi connectivity index (χ3n) is 2.64. The predicted octanol–water partition coefficient (Wildman–Crippen LogP) is 1.16. The maximum Gasteiger partial charge on any atom is 0.253 e. The van der Waals surface area contributed by atoms with E-state index in [0.717, 1.165) is 13.0 Å². The van der Waals surface area contributed by atoms with Gasteiger partial charge in [0.05, 0.1) is 17.4 Å². The van der Waals surface area contributed by atoms with Crippen LogP contribution in [0.4, 0.5) is 5.69 Å². The van der Waals surface area contributed by atoms with Gasteiger partial charge in [0.1, 0.15) is 0 Å². The van der Waals surface area contributed by atoms with E-state index in [1.807, 2.05) is 6.92 Å². The van der Waals surface area contributed by atoms with Crippen molar-refractivity contribution in [3.05, 3.63) is 24.0 Å². The number of nitrogens with zero attached hydrogens (tertiary/aromatic N) is 1. The lowest BCUT2D eigenvalue weighted by molar-refractivity contribution is -0.120. The van der Waals surface area contributed by atoms with Crippen molar-refractivity contribution in [2.45, 2.75) is 26.7 Å². The fourth-order valence-electron chi connectivity index (χ4n) is 1.66. The Kier molecular flexibility index (Phi) is 7.10. The summed E-state index contributed by atoms with van der Waals surface area (Å²) < 4.78 is 0. The highest BCUT2D eigenvalue weighted by Crippen LogP contribution is 2.13. The van der Waals surface area contributed by atoms with Crippen LogP contribution in [0, 0.1) is 0 Å². The molecule has 6 nitrogen and oxygen atoms in total. The highest BCUT2D eigenvalue weighted by Gasteiger charge is 2.11. The van der Waals surface area contributed by atoms with Gasteiger partial charge in [-0.05, 0) is 19.4 Å². The summed E-state index contributed by atoms with van der Waals surface area (Å²) in [5.41, 5.74) is 1.26. The number of rotatable bonds is 8. The average Bonchev–Trinajstić information content (AvgIpc) is 2.45. The first-order chi connectivity index (χ1) is 9.69. The van der Waals surface area contributed by atoms with Crippen molar-refractivity contribution in [3.8, 4) is 0 Å². The van der Waals surface area contributed by atoms with Gasteiger partial charge >= 0.3 is 0 Å². The predicted molar refractivity (Wildman–Crippen MR) is 78.7 cm³/mol. The Hall–Kier alpha value is -2.11. The molecule has 2 amide bonds. The number of pyridine rings is 1. The first kappa shape index (κ1) is 15.9. The van der Waals surface area contributed by atoms with E-state index in [1.165, 1.54) is 0 Å². The van der Waals surface area contributed by atoms with Crippen LogP contribution >= 0.6 is 0 Å². The highest BCUT2D eigenvalue weighted by atomic mass is 16.2. The zero-order chi connectivity index (χ0) is 14.8. The number of anilines is 1. The molecule has 20 heavy (non-hydrogen) atoms. The van der Waals surface area contributed by atoms with E-state index in [1.54, 1.807) is 18.5 Å². The van der Waals surface area contributed by atoms with Gasteiger partial charge in [-0.3, -0.25) is 14.6 Å². The Balaban J connectivity index is 2.52. The lowest BCUT2D eigenvalue weighted by Crippen LogP contribution is -2.31. The number of carbonyl (C=O) groups excluding carboxylic acids is 2. The third-order valence-corrected chi connectivity index (χ3v) is 2.64. The Morgan fingerprint density at radius 3 is 2.70 bits per heavy atom. The molecule has 0 bridgehead atoms. The molecule has 110 valence electrons. The van der Waals surface area contributed by atoms with Crippen LogP contribution in [0.5, 0.6) is 0 Å². The SMILES string of the molecule is CCCNc1cnccc1C(=O)NCCC(=O)NCC. The first-order valence-electron chi connectivity index (χ1n) is 6.91. The molecule has 0 aliphatic heterocycles. The summed E-state index contributed by atoms with van der Waals surface area (Å²) in [6.45, 7) is 5.61.